The van der Waals surface area contributed by atoms with Gasteiger partial charge in [-0.1, -0.05) is 60.0 Å². The SMILES string of the molecule is CCc1cc(C)cc(P(C)c2cc(C)cc(C)c2)c1. The van der Waals surface area contributed by atoms with Gasteiger partial charge in [0.05, 0.1) is 0 Å². The summed E-state index contributed by atoms with van der Waals surface area (Å²) in [7, 11) is -0.241. The molecule has 1 heteroatoms. The van der Waals surface area contributed by atoms with E-state index >= 15 is 0 Å². The molecular weight excluding hydrogens is 247 g/mol. The van der Waals surface area contributed by atoms with Gasteiger partial charge >= 0.3 is 0 Å². The van der Waals surface area contributed by atoms with Crippen LogP contribution in [0.15, 0.2) is 36.4 Å². The summed E-state index contributed by atoms with van der Waals surface area (Å²) in [5.74, 6) is 0. The normalized spacial score (nSPS) is 12.5. The van der Waals surface area contributed by atoms with E-state index in [4.69, 9.17) is 0 Å². The Balaban J connectivity index is 2.43. The Labute approximate surface area is 118 Å². The summed E-state index contributed by atoms with van der Waals surface area (Å²) in [4.78, 5) is 0. The zero-order valence-electron chi connectivity index (χ0n) is 12.6. The van der Waals surface area contributed by atoms with E-state index in [1.165, 1.54) is 32.9 Å². The van der Waals surface area contributed by atoms with Gasteiger partial charge in [-0.2, -0.15) is 0 Å². The first-order valence-electron chi connectivity index (χ1n) is 6.92. The molecule has 1 atom stereocenters. The monoisotopic (exact) mass is 270 g/mol. The lowest BCUT2D eigenvalue weighted by Crippen LogP contribution is -2.13. The third-order valence-electron chi connectivity index (χ3n) is 3.51. The van der Waals surface area contributed by atoms with Crippen molar-refractivity contribution in [3.05, 3.63) is 58.7 Å². The molecule has 100 valence electrons. The molecule has 2 aromatic rings. The molecule has 0 spiro atoms. The second-order valence-corrected chi connectivity index (χ2v) is 7.59. The molecule has 0 fully saturated rings. The highest BCUT2D eigenvalue weighted by Gasteiger charge is 2.10. The molecular formula is C18H23P. The van der Waals surface area contributed by atoms with Crippen LogP contribution in [-0.2, 0) is 6.42 Å². The van der Waals surface area contributed by atoms with Crippen LogP contribution in [0.2, 0.25) is 0 Å². The van der Waals surface area contributed by atoms with Crippen molar-refractivity contribution in [2.24, 2.45) is 0 Å². The Hall–Kier alpha value is -1.13. The lowest BCUT2D eigenvalue weighted by Gasteiger charge is -2.16. The summed E-state index contributed by atoms with van der Waals surface area (Å²) in [5.41, 5.74) is 5.57. The van der Waals surface area contributed by atoms with E-state index in [0.717, 1.165) is 6.42 Å². The van der Waals surface area contributed by atoms with Gasteiger partial charge in [0.1, 0.15) is 0 Å². The van der Waals surface area contributed by atoms with Crippen LogP contribution in [0.5, 0.6) is 0 Å². The Morgan fingerprint density at radius 1 is 0.737 bits per heavy atom. The molecule has 0 nitrogen and oxygen atoms in total. The molecule has 2 rings (SSSR count). The third-order valence-corrected chi connectivity index (χ3v) is 5.58. The topological polar surface area (TPSA) is 0 Å². The molecule has 0 heterocycles. The number of benzene rings is 2. The van der Waals surface area contributed by atoms with Crippen LogP contribution in [0.4, 0.5) is 0 Å². The van der Waals surface area contributed by atoms with Crippen molar-refractivity contribution in [1.82, 2.24) is 0 Å². The summed E-state index contributed by atoms with van der Waals surface area (Å²) in [5, 5.41) is 2.98. The maximum Gasteiger partial charge on any atom is -0.0193 e. The van der Waals surface area contributed by atoms with Gasteiger partial charge < -0.3 is 0 Å². The van der Waals surface area contributed by atoms with Crippen LogP contribution < -0.4 is 10.6 Å². The van der Waals surface area contributed by atoms with Gasteiger partial charge in [-0.3, -0.25) is 0 Å². The highest BCUT2D eigenvalue weighted by molar-refractivity contribution is 7.72. The highest BCUT2D eigenvalue weighted by atomic mass is 31.1. The van der Waals surface area contributed by atoms with Crippen LogP contribution in [0.3, 0.4) is 0 Å². The maximum atomic E-state index is 2.39. The molecule has 0 bridgehead atoms. The first kappa shape index (κ1) is 14.3. The molecule has 0 radical (unpaired) electrons. The Morgan fingerprint density at radius 3 is 1.74 bits per heavy atom. The molecule has 0 aliphatic heterocycles. The Bertz CT molecular complexity index is 564. The molecule has 0 aromatic heterocycles. The van der Waals surface area contributed by atoms with Crippen molar-refractivity contribution in [3.63, 3.8) is 0 Å². The van der Waals surface area contributed by atoms with Crippen molar-refractivity contribution < 1.29 is 0 Å². The van der Waals surface area contributed by atoms with Gasteiger partial charge in [-0.25, -0.2) is 0 Å². The minimum absolute atomic E-state index is 0.241. The van der Waals surface area contributed by atoms with Crippen LogP contribution in [0.1, 0.15) is 29.2 Å². The third kappa shape index (κ3) is 3.45. The van der Waals surface area contributed by atoms with Gasteiger partial charge in [-0.15, -0.1) is 0 Å². The fourth-order valence-corrected chi connectivity index (χ4v) is 4.38. The van der Waals surface area contributed by atoms with E-state index in [1.807, 2.05) is 0 Å². The molecule has 0 saturated heterocycles. The van der Waals surface area contributed by atoms with E-state index < -0.39 is 0 Å². The van der Waals surface area contributed by atoms with E-state index in [-0.39, 0.29) is 7.92 Å². The van der Waals surface area contributed by atoms with Crippen LogP contribution in [0.25, 0.3) is 0 Å². The van der Waals surface area contributed by atoms with Crippen molar-refractivity contribution in [2.45, 2.75) is 34.1 Å². The lowest BCUT2D eigenvalue weighted by molar-refractivity contribution is 1.14. The van der Waals surface area contributed by atoms with Crippen LogP contribution in [-0.4, -0.2) is 6.66 Å². The zero-order chi connectivity index (χ0) is 14.0. The second kappa shape index (κ2) is 5.88. The Morgan fingerprint density at radius 2 is 1.21 bits per heavy atom. The quantitative estimate of drug-likeness (QED) is 0.732. The van der Waals surface area contributed by atoms with E-state index in [0.29, 0.717) is 0 Å². The van der Waals surface area contributed by atoms with E-state index in [9.17, 15) is 0 Å². The highest BCUT2D eigenvalue weighted by Crippen LogP contribution is 2.30. The molecule has 0 aliphatic rings. The zero-order valence-corrected chi connectivity index (χ0v) is 13.5. The van der Waals surface area contributed by atoms with Crippen molar-refractivity contribution in [2.75, 3.05) is 6.66 Å². The molecule has 2 aromatic carbocycles. The summed E-state index contributed by atoms with van der Waals surface area (Å²) in [6, 6.07) is 14.0. The van der Waals surface area contributed by atoms with Gasteiger partial charge in [0.2, 0.25) is 0 Å². The predicted octanol–water partition coefficient (Wildman–Crippen LogP) is 4.24. The molecule has 0 amide bonds. The van der Waals surface area contributed by atoms with E-state index in [1.54, 1.807) is 0 Å². The van der Waals surface area contributed by atoms with Gasteiger partial charge in [0.15, 0.2) is 0 Å². The van der Waals surface area contributed by atoms with Crippen molar-refractivity contribution in [3.8, 4) is 0 Å². The fraction of sp³-hybridized carbons (Fsp3) is 0.333. The van der Waals surface area contributed by atoms with Crippen LogP contribution in [0, 0.1) is 20.8 Å². The maximum absolute atomic E-state index is 2.39. The number of hydrogen-bond donors (Lipinski definition) is 0. The number of rotatable bonds is 3. The minimum Gasteiger partial charge on any atom is -0.0613 e. The first-order chi connectivity index (χ1) is 8.99. The minimum atomic E-state index is -0.241. The van der Waals surface area contributed by atoms with Gasteiger partial charge in [0, 0.05) is 0 Å². The molecule has 0 aliphatic carbocycles. The summed E-state index contributed by atoms with van der Waals surface area (Å²) in [6.45, 7) is 11.2. The largest absolute Gasteiger partial charge is 0.0613 e. The second-order valence-electron chi connectivity index (χ2n) is 5.44. The Kier molecular flexibility index (Phi) is 4.42. The molecule has 1 unspecified atom stereocenters. The molecule has 0 saturated carbocycles. The lowest BCUT2D eigenvalue weighted by atomic mass is 10.1. The standard InChI is InChI=1S/C18H23P/c1-6-16-8-15(4)11-18(12-16)19(5)17-9-13(2)7-14(3)10-17/h7-12H,6H2,1-5H3. The van der Waals surface area contributed by atoms with Crippen LogP contribution >= 0.6 is 7.92 Å². The number of hydrogen-bond acceptors (Lipinski definition) is 0. The van der Waals surface area contributed by atoms with Gasteiger partial charge in [-0.05, 0) is 58.0 Å². The van der Waals surface area contributed by atoms with Crippen molar-refractivity contribution >= 4 is 18.5 Å². The molecule has 19 heavy (non-hydrogen) atoms. The first-order valence-corrected chi connectivity index (χ1v) is 8.71. The fourth-order valence-electron chi connectivity index (χ4n) is 2.53. The summed E-state index contributed by atoms with van der Waals surface area (Å²) < 4.78 is 0. The summed E-state index contributed by atoms with van der Waals surface area (Å²) in [6.07, 6.45) is 1.12. The van der Waals surface area contributed by atoms with E-state index in [2.05, 4.69) is 70.8 Å². The van der Waals surface area contributed by atoms with Gasteiger partial charge in [0.25, 0.3) is 0 Å². The smallest absolute Gasteiger partial charge is 0.0193 e. The number of aryl methyl sites for hydroxylation is 4. The average Bonchev–Trinajstić information content (AvgIpc) is 2.35. The molecule has 0 N–H and O–H groups in total. The average molecular weight is 270 g/mol. The predicted molar refractivity (Wildman–Crippen MR) is 88.6 cm³/mol. The van der Waals surface area contributed by atoms with Crippen molar-refractivity contribution in [1.29, 1.82) is 0 Å². The summed E-state index contributed by atoms with van der Waals surface area (Å²) >= 11 is 0.